The molecule has 2 rings (SSSR count). The quantitative estimate of drug-likeness (QED) is 0.577. The van der Waals surface area contributed by atoms with Gasteiger partial charge in [-0.1, -0.05) is 30.3 Å². The van der Waals surface area contributed by atoms with Crippen LogP contribution in [0.4, 0.5) is 0 Å². The summed E-state index contributed by atoms with van der Waals surface area (Å²) in [5.41, 5.74) is 1.33. The number of rotatable bonds is 10. The van der Waals surface area contributed by atoms with Crippen molar-refractivity contribution in [2.24, 2.45) is 0 Å². The van der Waals surface area contributed by atoms with Crippen LogP contribution in [-0.2, 0) is 16.1 Å². The van der Waals surface area contributed by atoms with Gasteiger partial charge in [-0.05, 0) is 29.8 Å². The second-order valence-corrected chi connectivity index (χ2v) is 6.07. The van der Waals surface area contributed by atoms with E-state index in [1.54, 1.807) is 24.3 Å². The molecule has 148 valence electrons. The van der Waals surface area contributed by atoms with Crippen molar-refractivity contribution in [3.63, 3.8) is 0 Å². The zero-order valence-corrected chi connectivity index (χ0v) is 15.9. The smallest absolute Gasteiger partial charge is 0.338 e. The van der Waals surface area contributed by atoms with Gasteiger partial charge in [0.15, 0.2) is 6.61 Å². The lowest BCUT2D eigenvalue weighted by molar-refractivity contribution is -0.134. The maximum Gasteiger partial charge on any atom is 0.338 e. The van der Waals surface area contributed by atoms with Gasteiger partial charge in [0.25, 0.3) is 5.91 Å². The minimum absolute atomic E-state index is 0.148. The van der Waals surface area contributed by atoms with E-state index in [0.717, 1.165) is 5.56 Å². The van der Waals surface area contributed by atoms with Crippen LogP contribution in [0, 0.1) is 22.7 Å². The molecule has 0 unspecified atom stereocenters. The maximum absolute atomic E-state index is 12.2. The molecule has 0 aromatic heterocycles. The highest BCUT2D eigenvalue weighted by atomic mass is 16.5. The molecule has 0 aliphatic heterocycles. The molecule has 0 spiro atoms. The zero-order chi connectivity index (χ0) is 20.9. The number of hydrogen-bond acceptors (Lipinski definition) is 6. The fourth-order valence-electron chi connectivity index (χ4n) is 2.46. The van der Waals surface area contributed by atoms with Crippen LogP contribution < -0.4 is 4.74 Å². The predicted octanol–water partition coefficient (Wildman–Crippen LogP) is 3.08. The second kappa shape index (κ2) is 11.8. The van der Waals surface area contributed by atoms with Crippen molar-refractivity contribution in [3.8, 4) is 17.9 Å². The molecule has 0 atom stereocenters. The molecule has 0 N–H and O–H groups in total. The zero-order valence-electron chi connectivity index (χ0n) is 15.9. The van der Waals surface area contributed by atoms with Crippen molar-refractivity contribution in [2.75, 3.05) is 19.7 Å². The standard InChI is InChI=1S/C22H21N3O4/c23-12-4-14-25(15-5-13-24)21(26)17-29-22(27)19-8-10-20(11-9-19)28-16-18-6-2-1-3-7-18/h1-3,6-11H,4-5,14-17H2. The van der Waals surface area contributed by atoms with E-state index in [9.17, 15) is 9.59 Å². The maximum atomic E-state index is 12.2. The van der Waals surface area contributed by atoms with Gasteiger partial charge in [-0.3, -0.25) is 4.79 Å². The van der Waals surface area contributed by atoms with Crippen LogP contribution in [0.15, 0.2) is 54.6 Å². The first-order chi connectivity index (χ1) is 14.1. The average molecular weight is 391 g/mol. The molecule has 1 amide bonds. The van der Waals surface area contributed by atoms with Crippen molar-refractivity contribution in [1.82, 2.24) is 4.90 Å². The molecule has 0 aliphatic carbocycles. The Kier molecular flexibility index (Phi) is 8.72. The van der Waals surface area contributed by atoms with Crippen LogP contribution in [-0.4, -0.2) is 36.5 Å². The predicted molar refractivity (Wildman–Crippen MR) is 105 cm³/mol. The Morgan fingerprint density at radius 1 is 0.897 bits per heavy atom. The number of hydrogen-bond donors (Lipinski definition) is 0. The lowest BCUT2D eigenvalue weighted by Gasteiger charge is -2.20. The van der Waals surface area contributed by atoms with E-state index in [-0.39, 0.29) is 25.9 Å². The van der Waals surface area contributed by atoms with Gasteiger partial charge in [-0.2, -0.15) is 10.5 Å². The van der Waals surface area contributed by atoms with E-state index in [0.29, 0.717) is 17.9 Å². The highest BCUT2D eigenvalue weighted by Crippen LogP contribution is 2.15. The highest BCUT2D eigenvalue weighted by molar-refractivity contribution is 5.91. The van der Waals surface area contributed by atoms with Gasteiger partial charge < -0.3 is 14.4 Å². The summed E-state index contributed by atoms with van der Waals surface area (Å²) in [5.74, 6) is -0.458. The molecule has 0 aliphatic rings. The van der Waals surface area contributed by atoms with Crippen molar-refractivity contribution in [3.05, 3.63) is 65.7 Å². The van der Waals surface area contributed by atoms with Crippen molar-refractivity contribution >= 4 is 11.9 Å². The Hall–Kier alpha value is -3.84. The Bertz CT molecular complexity index is 865. The average Bonchev–Trinajstić information content (AvgIpc) is 2.77. The molecule has 7 nitrogen and oxygen atoms in total. The molecule has 0 radical (unpaired) electrons. The molecule has 2 aromatic rings. The Labute approximate surface area is 169 Å². The minimum atomic E-state index is -0.631. The summed E-state index contributed by atoms with van der Waals surface area (Å²) in [6.45, 7) is 0.367. The van der Waals surface area contributed by atoms with Gasteiger partial charge in [0.1, 0.15) is 12.4 Å². The monoisotopic (exact) mass is 391 g/mol. The number of ether oxygens (including phenoxy) is 2. The van der Waals surface area contributed by atoms with Crippen molar-refractivity contribution < 1.29 is 19.1 Å². The van der Waals surface area contributed by atoms with Gasteiger partial charge in [-0.25, -0.2) is 4.79 Å². The van der Waals surface area contributed by atoms with Crippen LogP contribution in [0.5, 0.6) is 5.75 Å². The van der Waals surface area contributed by atoms with Crippen molar-refractivity contribution in [2.45, 2.75) is 19.4 Å². The normalized spacial score (nSPS) is 9.72. The number of nitrogens with zero attached hydrogens (tertiary/aromatic N) is 3. The molecular weight excluding hydrogens is 370 g/mol. The molecule has 0 saturated heterocycles. The Morgan fingerprint density at radius 2 is 1.52 bits per heavy atom. The third-order valence-corrected chi connectivity index (χ3v) is 4.00. The Balaban J connectivity index is 1.84. The van der Waals surface area contributed by atoms with Gasteiger partial charge in [0, 0.05) is 13.1 Å². The van der Waals surface area contributed by atoms with Crippen LogP contribution in [0.3, 0.4) is 0 Å². The summed E-state index contributed by atoms with van der Waals surface area (Å²) >= 11 is 0. The molecule has 0 heterocycles. The number of carbonyl (C=O) groups is 2. The fraction of sp³-hybridized carbons (Fsp3) is 0.273. The first kappa shape index (κ1) is 21.5. The topological polar surface area (TPSA) is 103 Å². The van der Waals surface area contributed by atoms with E-state index in [2.05, 4.69) is 0 Å². The number of esters is 1. The third kappa shape index (κ3) is 7.36. The molecule has 7 heteroatoms. The van der Waals surface area contributed by atoms with E-state index < -0.39 is 18.5 Å². The summed E-state index contributed by atoms with van der Waals surface area (Å²) in [6.07, 6.45) is 0.297. The van der Waals surface area contributed by atoms with Crippen LogP contribution in [0.1, 0.15) is 28.8 Å². The number of benzene rings is 2. The van der Waals surface area contributed by atoms with E-state index in [4.69, 9.17) is 20.0 Å². The summed E-state index contributed by atoms with van der Waals surface area (Å²) in [5, 5.41) is 17.3. The Morgan fingerprint density at radius 3 is 2.10 bits per heavy atom. The lowest BCUT2D eigenvalue weighted by Crippen LogP contribution is -2.36. The van der Waals surface area contributed by atoms with E-state index in [1.165, 1.54) is 4.90 Å². The van der Waals surface area contributed by atoms with Crippen LogP contribution in [0.2, 0.25) is 0 Å². The van der Waals surface area contributed by atoms with Gasteiger partial charge in [0.05, 0.1) is 30.5 Å². The van der Waals surface area contributed by atoms with Crippen LogP contribution >= 0.6 is 0 Å². The summed E-state index contributed by atoms with van der Waals surface area (Å²) in [6, 6.07) is 20.1. The fourth-order valence-corrected chi connectivity index (χ4v) is 2.46. The largest absolute Gasteiger partial charge is 0.489 e. The number of nitriles is 2. The molecule has 0 saturated carbocycles. The third-order valence-electron chi connectivity index (χ3n) is 4.00. The van der Waals surface area contributed by atoms with E-state index in [1.807, 2.05) is 42.5 Å². The molecule has 2 aromatic carbocycles. The molecule has 29 heavy (non-hydrogen) atoms. The van der Waals surface area contributed by atoms with Gasteiger partial charge in [-0.15, -0.1) is 0 Å². The highest BCUT2D eigenvalue weighted by Gasteiger charge is 2.16. The van der Waals surface area contributed by atoms with Gasteiger partial charge >= 0.3 is 5.97 Å². The summed E-state index contributed by atoms with van der Waals surface area (Å²) < 4.78 is 10.7. The SMILES string of the molecule is N#CCCN(CCC#N)C(=O)COC(=O)c1ccc(OCc2ccccc2)cc1. The summed E-state index contributed by atoms with van der Waals surface area (Å²) in [7, 11) is 0. The lowest BCUT2D eigenvalue weighted by atomic mass is 10.2. The van der Waals surface area contributed by atoms with E-state index >= 15 is 0 Å². The second-order valence-electron chi connectivity index (χ2n) is 6.07. The van der Waals surface area contributed by atoms with Crippen molar-refractivity contribution in [1.29, 1.82) is 10.5 Å². The minimum Gasteiger partial charge on any atom is -0.489 e. The molecule has 0 fully saturated rings. The molecule has 0 bridgehead atoms. The first-order valence-electron chi connectivity index (χ1n) is 9.09. The molecular formula is C22H21N3O4. The first-order valence-corrected chi connectivity index (χ1v) is 9.09. The van der Waals surface area contributed by atoms with Gasteiger partial charge in [0.2, 0.25) is 0 Å². The number of amides is 1. The summed E-state index contributed by atoms with van der Waals surface area (Å²) in [4.78, 5) is 25.7. The number of carbonyl (C=O) groups excluding carboxylic acids is 2. The van der Waals surface area contributed by atoms with Crippen LogP contribution in [0.25, 0.3) is 0 Å².